The lowest BCUT2D eigenvalue weighted by Gasteiger charge is -2.43. The Kier molecular flexibility index (Phi) is 5.12. The summed E-state index contributed by atoms with van der Waals surface area (Å²) in [6, 6.07) is 13.0. The van der Waals surface area contributed by atoms with Crippen LogP contribution in [-0.4, -0.2) is 63.7 Å². The number of ether oxygens (including phenoxy) is 1. The van der Waals surface area contributed by atoms with Crippen molar-refractivity contribution in [2.45, 2.75) is 31.7 Å². The van der Waals surface area contributed by atoms with Crippen LogP contribution in [0, 0.1) is 5.92 Å². The molecular formula is C25H28N6O3. The van der Waals surface area contributed by atoms with Crippen LogP contribution in [0.3, 0.4) is 0 Å². The minimum absolute atomic E-state index is 0.0559. The van der Waals surface area contributed by atoms with Crippen LogP contribution in [0.25, 0.3) is 5.69 Å². The van der Waals surface area contributed by atoms with Crippen LogP contribution in [0.5, 0.6) is 5.75 Å². The van der Waals surface area contributed by atoms with Gasteiger partial charge in [0.1, 0.15) is 5.75 Å². The molecule has 2 atom stereocenters. The van der Waals surface area contributed by atoms with Crippen molar-refractivity contribution < 1.29 is 9.53 Å². The lowest BCUT2D eigenvalue weighted by molar-refractivity contribution is 0.0787. The number of amides is 1. The highest BCUT2D eigenvalue weighted by Crippen LogP contribution is 2.37. The van der Waals surface area contributed by atoms with E-state index in [1.165, 1.54) is 0 Å². The molecule has 2 bridgehead atoms. The molecule has 9 nitrogen and oxygen atoms in total. The molecule has 34 heavy (non-hydrogen) atoms. The van der Waals surface area contributed by atoms with Crippen molar-refractivity contribution in [2.24, 2.45) is 5.92 Å². The van der Waals surface area contributed by atoms with E-state index in [0.29, 0.717) is 30.5 Å². The predicted molar refractivity (Wildman–Crippen MR) is 127 cm³/mol. The largest absolute Gasteiger partial charge is 0.497 e. The number of aromatic nitrogens is 4. The first-order valence-corrected chi connectivity index (χ1v) is 12.0. The van der Waals surface area contributed by atoms with Gasteiger partial charge in [-0.1, -0.05) is 6.07 Å². The fraction of sp³-hybridized carbons (Fsp3) is 0.440. The second-order valence-electron chi connectivity index (χ2n) is 9.46. The minimum atomic E-state index is -0.0559. The number of methoxy groups -OCH3 is 1. The van der Waals surface area contributed by atoms with E-state index < -0.39 is 0 Å². The van der Waals surface area contributed by atoms with E-state index in [9.17, 15) is 9.59 Å². The lowest BCUT2D eigenvalue weighted by Crippen LogP contribution is -2.47. The van der Waals surface area contributed by atoms with Crippen LogP contribution >= 0.6 is 0 Å². The van der Waals surface area contributed by atoms with Gasteiger partial charge in [-0.25, -0.2) is 0 Å². The smallest absolute Gasteiger partial charge is 0.278 e. The molecule has 0 radical (unpaired) electrons. The van der Waals surface area contributed by atoms with Gasteiger partial charge in [0.2, 0.25) is 0 Å². The number of nitrogens with zero attached hydrogens (tertiary/aromatic N) is 6. The average molecular weight is 461 g/mol. The Balaban J connectivity index is 1.38. The molecule has 2 saturated heterocycles. The summed E-state index contributed by atoms with van der Waals surface area (Å²) in [5, 5.41) is 9.51. The van der Waals surface area contributed by atoms with Gasteiger partial charge in [0.25, 0.3) is 11.5 Å². The Morgan fingerprint density at radius 2 is 1.79 bits per heavy atom. The van der Waals surface area contributed by atoms with Gasteiger partial charge in [0.05, 0.1) is 12.8 Å². The maximum atomic E-state index is 13.5. The number of rotatable bonds is 4. The predicted octanol–water partition coefficient (Wildman–Crippen LogP) is 2.30. The molecule has 1 aromatic carbocycles. The number of anilines is 1. The van der Waals surface area contributed by atoms with Gasteiger partial charge in [0.15, 0.2) is 11.5 Å². The molecule has 5 heterocycles. The zero-order valence-corrected chi connectivity index (χ0v) is 19.3. The number of pyridine rings is 1. The Morgan fingerprint density at radius 1 is 1.00 bits per heavy atom. The fourth-order valence-electron chi connectivity index (χ4n) is 5.62. The Morgan fingerprint density at radius 3 is 2.56 bits per heavy atom. The minimum Gasteiger partial charge on any atom is -0.497 e. The van der Waals surface area contributed by atoms with E-state index in [1.807, 2.05) is 39.8 Å². The SMILES string of the molecule is COc1ccc(-n2nc(C(=O)N3CCCC3)c(N3CC4CC(C3)c3cccc(=O)n3C4)n2)cc1. The van der Waals surface area contributed by atoms with Gasteiger partial charge < -0.3 is 19.1 Å². The zero-order valence-electron chi connectivity index (χ0n) is 19.3. The van der Waals surface area contributed by atoms with Crippen molar-refractivity contribution in [3.8, 4) is 11.4 Å². The molecule has 0 aliphatic carbocycles. The van der Waals surface area contributed by atoms with Gasteiger partial charge in [-0.05, 0) is 55.5 Å². The molecule has 6 rings (SSSR count). The van der Waals surface area contributed by atoms with Crippen molar-refractivity contribution in [1.82, 2.24) is 24.5 Å². The first kappa shape index (κ1) is 20.9. The summed E-state index contributed by atoms with van der Waals surface area (Å²) in [6.45, 7) is 3.68. The quantitative estimate of drug-likeness (QED) is 0.594. The van der Waals surface area contributed by atoms with Crippen molar-refractivity contribution in [3.63, 3.8) is 0 Å². The molecule has 3 aromatic rings. The number of hydrogen-bond acceptors (Lipinski definition) is 6. The summed E-state index contributed by atoms with van der Waals surface area (Å²) in [6.07, 6.45) is 3.09. The molecule has 3 aliphatic rings. The number of hydrogen-bond donors (Lipinski definition) is 0. The highest BCUT2D eigenvalue weighted by molar-refractivity contribution is 5.97. The summed E-state index contributed by atoms with van der Waals surface area (Å²) >= 11 is 0. The third-order valence-electron chi connectivity index (χ3n) is 7.27. The second kappa shape index (κ2) is 8.30. The van der Waals surface area contributed by atoms with Gasteiger partial charge in [-0.3, -0.25) is 9.59 Å². The summed E-state index contributed by atoms with van der Waals surface area (Å²) < 4.78 is 7.19. The number of piperidine rings is 1. The van der Waals surface area contributed by atoms with Crippen LogP contribution in [0.4, 0.5) is 5.82 Å². The van der Waals surface area contributed by atoms with Crippen molar-refractivity contribution in [1.29, 1.82) is 0 Å². The van der Waals surface area contributed by atoms with Crippen molar-refractivity contribution in [3.05, 3.63) is 64.2 Å². The highest BCUT2D eigenvalue weighted by atomic mass is 16.5. The Hall–Kier alpha value is -3.62. The Bertz CT molecular complexity index is 1270. The van der Waals surface area contributed by atoms with E-state index >= 15 is 0 Å². The topological polar surface area (TPSA) is 85.5 Å². The monoisotopic (exact) mass is 460 g/mol. The number of likely N-dealkylation sites (tertiary alicyclic amines) is 1. The van der Waals surface area contributed by atoms with E-state index in [4.69, 9.17) is 9.84 Å². The summed E-state index contributed by atoms with van der Waals surface area (Å²) in [4.78, 5) is 31.5. The van der Waals surface area contributed by atoms with Gasteiger partial charge >= 0.3 is 0 Å². The molecule has 1 amide bonds. The molecule has 0 spiro atoms. The Labute approximate surface area is 197 Å². The van der Waals surface area contributed by atoms with Crippen LogP contribution < -0.4 is 15.2 Å². The highest BCUT2D eigenvalue weighted by Gasteiger charge is 2.38. The molecule has 9 heteroatoms. The van der Waals surface area contributed by atoms with Crippen LogP contribution in [0.15, 0.2) is 47.3 Å². The summed E-state index contributed by atoms with van der Waals surface area (Å²) in [7, 11) is 1.63. The third kappa shape index (κ3) is 3.55. The van der Waals surface area contributed by atoms with Crippen LogP contribution in [0.1, 0.15) is 41.4 Å². The summed E-state index contributed by atoms with van der Waals surface area (Å²) in [5.74, 6) is 1.88. The molecule has 2 fully saturated rings. The van der Waals surface area contributed by atoms with Crippen molar-refractivity contribution in [2.75, 3.05) is 38.2 Å². The normalized spacial score (nSPS) is 21.4. The fourth-order valence-corrected chi connectivity index (χ4v) is 5.62. The summed E-state index contributed by atoms with van der Waals surface area (Å²) in [5.41, 5.74) is 2.32. The molecule has 3 aliphatic heterocycles. The van der Waals surface area contributed by atoms with Crippen LogP contribution in [-0.2, 0) is 6.54 Å². The first-order chi connectivity index (χ1) is 16.6. The number of carbonyl (C=O) groups is 1. The molecule has 2 unspecified atom stereocenters. The molecule has 0 saturated carbocycles. The molecule has 176 valence electrons. The van der Waals surface area contributed by atoms with Gasteiger partial charge in [-0.15, -0.1) is 15.0 Å². The van der Waals surface area contributed by atoms with E-state index in [2.05, 4.69) is 16.1 Å². The first-order valence-electron chi connectivity index (χ1n) is 12.0. The third-order valence-corrected chi connectivity index (χ3v) is 7.27. The standard InChI is InChI=1S/C25H28N6O3/c1-34-20-9-7-19(8-10-20)31-26-23(25(33)28-11-2-3-12-28)24(27-31)29-14-17-13-18(16-29)21-5-4-6-22(32)30(21)15-17/h4-10,17-18H,2-3,11-16H2,1H3. The maximum Gasteiger partial charge on any atom is 0.278 e. The van der Waals surface area contributed by atoms with Crippen LogP contribution in [0.2, 0.25) is 0 Å². The zero-order chi connectivity index (χ0) is 23.2. The molecule has 2 aromatic heterocycles. The molecule has 0 N–H and O–H groups in total. The molecular weight excluding hydrogens is 432 g/mol. The lowest BCUT2D eigenvalue weighted by atomic mass is 9.83. The number of carbonyl (C=O) groups excluding carboxylic acids is 1. The van der Waals surface area contributed by atoms with Gasteiger partial charge in [-0.2, -0.15) is 0 Å². The van der Waals surface area contributed by atoms with Crippen molar-refractivity contribution >= 4 is 11.7 Å². The van der Waals surface area contributed by atoms with E-state index in [0.717, 1.165) is 56.0 Å². The van der Waals surface area contributed by atoms with E-state index in [-0.39, 0.29) is 17.4 Å². The van der Waals surface area contributed by atoms with E-state index in [1.54, 1.807) is 18.0 Å². The number of fused-ring (bicyclic) bond motifs is 4. The second-order valence-corrected chi connectivity index (χ2v) is 9.46. The number of benzene rings is 1. The maximum absolute atomic E-state index is 13.5. The average Bonchev–Trinajstić information content (AvgIpc) is 3.55. The van der Waals surface area contributed by atoms with Gasteiger partial charge in [0, 0.05) is 50.4 Å².